The lowest BCUT2D eigenvalue weighted by molar-refractivity contribution is -0.140. The van der Waals surface area contributed by atoms with Gasteiger partial charge in [0.05, 0.1) is 29.3 Å². The maximum atomic E-state index is 17.3. The minimum absolute atomic E-state index is 0.0397. The Labute approximate surface area is 336 Å². The van der Waals surface area contributed by atoms with Crippen LogP contribution in [0.15, 0.2) is 14.6 Å². The minimum Gasteiger partial charge on any atom is -0.507 e. The van der Waals surface area contributed by atoms with Crippen molar-refractivity contribution in [3.8, 4) is 11.6 Å². The van der Waals surface area contributed by atoms with Gasteiger partial charge in [0, 0.05) is 28.2 Å². The largest absolute Gasteiger partial charge is 0.507 e. The number of aromatic nitrogens is 1. The van der Waals surface area contributed by atoms with Crippen molar-refractivity contribution in [3.63, 3.8) is 0 Å². The number of carbonyl (C=O) groups excluding carboxylic acids is 2. The van der Waals surface area contributed by atoms with Gasteiger partial charge in [0.25, 0.3) is 5.88 Å². The van der Waals surface area contributed by atoms with Gasteiger partial charge in [-0.25, -0.2) is 4.39 Å². The number of aliphatic hydroxyl groups is 1. The average Bonchev–Trinajstić information content (AvgIpc) is 3.49. The van der Waals surface area contributed by atoms with E-state index in [0.29, 0.717) is 41.5 Å². The molecule has 0 bridgehead atoms. The van der Waals surface area contributed by atoms with Crippen LogP contribution in [0.4, 0.5) is 4.39 Å². The van der Waals surface area contributed by atoms with Crippen LogP contribution in [0.1, 0.15) is 133 Å². The Morgan fingerprint density at radius 1 is 1.05 bits per heavy atom. The standard InChI is InChI=1S/C42H63BrFN3O7Si/c1-14-16-18-51-35-28-25(32(44)30(31(35)43)41(8,9)45-22-23(3)4)20-24-21-26-33(47(10)11)36-29(39(46-53-36)52-19-17-15-2)38(50)42(26,37(49)27(24)34(28)48)54-55(12,13)40(5,6)7/h23-24,26,33,45,48H,14-22H2,1-13H3/t24-,26-,33-,42-/m0/s1. The first kappa shape index (κ1) is 43.5. The van der Waals surface area contributed by atoms with E-state index in [1.54, 1.807) is 0 Å². The molecule has 0 aliphatic heterocycles. The van der Waals surface area contributed by atoms with Gasteiger partial charge in [0.2, 0.25) is 11.6 Å². The Kier molecular flexibility index (Phi) is 12.7. The van der Waals surface area contributed by atoms with Crippen molar-refractivity contribution < 1.29 is 37.5 Å². The summed E-state index contributed by atoms with van der Waals surface area (Å²) < 4.78 is 43.3. The Bertz CT molecular complexity index is 1830. The average molecular weight is 849 g/mol. The van der Waals surface area contributed by atoms with E-state index in [9.17, 15) is 5.11 Å². The number of hydrogen-bond donors (Lipinski definition) is 2. The first-order chi connectivity index (χ1) is 25.6. The van der Waals surface area contributed by atoms with Crippen LogP contribution < -0.4 is 14.8 Å². The van der Waals surface area contributed by atoms with E-state index in [-0.39, 0.29) is 57.5 Å². The fraction of sp³-hybridized carbons (Fsp3) is 0.690. The Balaban J connectivity index is 1.81. The fourth-order valence-electron chi connectivity index (χ4n) is 8.14. The monoisotopic (exact) mass is 847 g/mol. The molecule has 0 amide bonds. The number of benzene rings is 1. The number of rotatable bonds is 15. The molecule has 0 spiro atoms. The maximum Gasteiger partial charge on any atom is 0.265 e. The third-order valence-electron chi connectivity index (χ3n) is 12.2. The number of nitrogens with one attached hydrogen (secondary N) is 1. The molecule has 10 nitrogen and oxygen atoms in total. The lowest BCUT2D eigenvalue weighted by Crippen LogP contribution is -2.68. The highest BCUT2D eigenvalue weighted by Gasteiger charge is 2.69. The van der Waals surface area contributed by atoms with Crippen molar-refractivity contribution in [2.24, 2.45) is 17.8 Å². The molecule has 4 atom stereocenters. The summed E-state index contributed by atoms with van der Waals surface area (Å²) in [5.41, 5.74) is -1.84. The van der Waals surface area contributed by atoms with Gasteiger partial charge in [-0.1, -0.05) is 61.3 Å². The summed E-state index contributed by atoms with van der Waals surface area (Å²) in [6.45, 7) is 23.7. The summed E-state index contributed by atoms with van der Waals surface area (Å²) in [5, 5.41) is 19.9. The second kappa shape index (κ2) is 16.0. The summed E-state index contributed by atoms with van der Waals surface area (Å²) in [6.07, 6.45) is 3.57. The van der Waals surface area contributed by atoms with Gasteiger partial charge < -0.3 is 28.8 Å². The zero-order chi connectivity index (χ0) is 41.0. The maximum absolute atomic E-state index is 17.3. The Hall–Kier alpha value is -2.58. The zero-order valence-corrected chi connectivity index (χ0v) is 37.8. The van der Waals surface area contributed by atoms with Gasteiger partial charge in [-0.05, 0) is 111 Å². The second-order valence-corrected chi connectivity index (χ2v) is 23.9. The molecule has 3 aliphatic carbocycles. The number of aliphatic hydroxyl groups excluding tert-OH is 1. The molecular weight excluding hydrogens is 785 g/mol. The number of carbonyl (C=O) groups is 2. The predicted molar refractivity (Wildman–Crippen MR) is 219 cm³/mol. The molecule has 1 fully saturated rings. The molecule has 0 radical (unpaired) electrons. The van der Waals surface area contributed by atoms with Gasteiger partial charge in [-0.2, -0.15) is 0 Å². The van der Waals surface area contributed by atoms with E-state index in [2.05, 4.69) is 67.9 Å². The van der Waals surface area contributed by atoms with Crippen molar-refractivity contribution in [2.45, 2.75) is 136 Å². The topological polar surface area (TPSA) is 123 Å². The van der Waals surface area contributed by atoms with Gasteiger partial charge >= 0.3 is 0 Å². The molecule has 306 valence electrons. The number of Topliss-reactive ketones (excluding diaryl/α,β-unsaturated/α-hetero) is 2. The number of halogens is 2. The molecular formula is C42H63BrFN3O7Si. The minimum atomic E-state index is -2.91. The summed E-state index contributed by atoms with van der Waals surface area (Å²) in [6, 6.07) is -0.611. The Morgan fingerprint density at radius 2 is 1.67 bits per heavy atom. The predicted octanol–water partition coefficient (Wildman–Crippen LogP) is 9.70. The SMILES string of the molecule is CCCCOc1noc2c1C(=O)[C@@]1(O[Si](C)(C)C(C)(C)C)C(=O)C3=C(O)c4c(c(F)c(C(C)(C)NCC(C)C)c(Br)c4OCCCC)C[C@H]3C[C@H]1[C@@H]2N(C)C. The first-order valence-electron chi connectivity index (χ1n) is 20.0. The molecule has 13 heteroatoms. The molecule has 0 saturated heterocycles. The number of nitrogens with zero attached hydrogens (tertiary/aromatic N) is 2. The van der Waals surface area contributed by atoms with Crippen molar-refractivity contribution >= 4 is 41.6 Å². The number of unbranched alkanes of at least 4 members (excludes halogenated alkanes) is 2. The summed E-state index contributed by atoms with van der Waals surface area (Å²) in [4.78, 5) is 33.0. The summed E-state index contributed by atoms with van der Waals surface area (Å²) in [5.74, 6) is -2.42. The zero-order valence-electron chi connectivity index (χ0n) is 35.2. The normalized spacial score (nSPS) is 22.9. The smallest absolute Gasteiger partial charge is 0.265 e. The highest BCUT2D eigenvalue weighted by Crippen LogP contribution is 2.60. The van der Waals surface area contributed by atoms with Gasteiger partial charge in [0.1, 0.15) is 22.9 Å². The van der Waals surface area contributed by atoms with Crippen LogP contribution in [0.25, 0.3) is 5.76 Å². The molecule has 5 rings (SSSR count). The van der Waals surface area contributed by atoms with Crippen LogP contribution in [0.5, 0.6) is 11.6 Å². The van der Waals surface area contributed by atoms with Crippen LogP contribution in [0, 0.1) is 23.6 Å². The third kappa shape index (κ3) is 7.50. The number of hydrogen-bond acceptors (Lipinski definition) is 10. The molecule has 2 N–H and O–H groups in total. The number of ketones is 2. The second-order valence-electron chi connectivity index (χ2n) is 18.4. The Morgan fingerprint density at radius 3 is 2.24 bits per heavy atom. The molecule has 55 heavy (non-hydrogen) atoms. The van der Waals surface area contributed by atoms with Crippen LogP contribution in [-0.2, 0) is 21.2 Å². The lowest BCUT2D eigenvalue weighted by atomic mass is 9.57. The van der Waals surface area contributed by atoms with Crippen molar-refractivity contribution in [2.75, 3.05) is 33.9 Å². The number of fused-ring (bicyclic) bond motifs is 4. The van der Waals surface area contributed by atoms with E-state index >= 15 is 14.0 Å². The van der Waals surface area contributed by atoms with Crippen molar-refractivity contribution in [3.05, 3.63) is 43.9 Å². The summed E-state index contributed by atoms with van der Waals surface area (Å²) in [7, 11) is 0.843. The third-order valence-corrected chi connectivity index (χ3v) is 17.4. The van der Waals surface area contributed by atoms with E-state index < -0.39 is 54.7 Å². The molecule has 1 aromatic heterocycles. The van der Waals surface area contributed by atoms with E-state index in [4.69, 9.17) is 18.4 Å². The number of ether oxygens (including phenoxy) is 2. The quantitative estimate of drug-likeness (QED) is 0.102. The van der Waals surface area contributed by atoms with Crippen molar-refractivity contribution in [1.82, 2.24) is 15.4 Å². The van der Waals surface area contributed by atoms with Crippen LogP contribution >= 0.6 is 15.9 Å². The first-order valence-corrected chi connectivity index (χ1v) is 23.7. The van der Waals surface area contributed by atoms with Crippen LogP contribution in [0.2, 0.25) is 18.1 Å². The van der Waals surface area contributed by atoms with Gasteiger partial charge in [-0.15, -0.1) is 0 Å². The van der Waals surface area contributed by atoms with E-state index in [0.717, 1.165) is 25.7 Å². The summed E-state index contributed by atoms with van der Waals surface area (Å²) >= 11 is 3.71. The van der Waals surface area contributed by atoms with Crippen molar-refractivity contribution in [1.29, 1.82) is 0 Å². The molecule has 2 aromatic rings. The van der Waals surface area contributed by atoms with Gasteiger partial charge in [-0.3, -0.25) is 14.5 Å². The van der Waals surface area contributed by atoms with Gasteiger partial charge in [0.15, 0.2) is 19.7 Å². The molecule has 1 aromatic carbocycles. The highest BCUT2D eigenvalue weighted by atomic mass is 79.9. The van der Waals surface area contributed by atoms with E-state index in [1.807, 2.05) is 52.9 Å². The van der Waals surface area contributed by atoms with Crippen LogP contribution in [-0.4, -0.2) is 74.5 Å². The van der Waals surface area contributed by atoms with E-state index in [1.165, 1.54) is 0 Å². The lowest BCUT2D eigenvalue weighted by Gasteiger charge is -2.55. The highest BCUT2D eigenvalue weighted by molar-refractivity contribution is 9.10. The molecule has 0 unspecified atom stereocenters. The molecule has 1 heterocycles. The molecule has 1 saturated carbocycles. The fourth-order valence-corrected chi connectivity index (χ4v) is 10.6. The molecule has 3 aliphatic rings. The van der Waals surface area contributed by atoms with Crippen LogP contribution in [0.3, 0.4) is 0 Å².